The van der Waals surface area contributed by atoms with E-state index in [-0.39, 0.29) is 5.91 Å². The first kappa shape index (κ1) is 13.6. The fraction of sp³-hybridized carbons (Fsp3) is 0.467. The lowest BCUT2D eigenvalue weighted by molar-refractivity contribution is -0.134. The monoisotopic (exact) mass is 260 g/mol. The number of nitrogens with zero attached hydrogens (tertiary/aromatic N) is 2. The third kappa shape index (κ3) is 3.34. The molecule has 102 valence electrons. The highest BCUT2D eigenvalue weighted by atomic mass is 16.2. The fourth-order valence-electron chi connectivity index (χ4n) is 2.28. The predicted molar refractivity (Wildman–Crippen MR) is 73.8 cm³/mol. The van der Waals surface area contributed by atoms with Crippen molar-refractivity contribution in [2.24, 2.45) is 0 Å². The number of hydrogen-bond donors (Lipinski definition) is 0. The normalized spacial score (nSPS) is 15.5. The van der Waals surface area contributed by atoms with Crippen molar-refractivity contribution in [2.45, 2.75) is 20.3 Å². The second kappa shape index (κ2) is 5.87. The molecule has 19 heavy (non-hydrogen) atoms. The van der Waals surface area contributed by atoms with Gasteiger partial charge in [0, 0.05) is 26.2 Å². The highest BCUT2D eigenvalue weighted by Crippen LogP contribution is 2.12. The molecule has 2 amide bonds. The molecule has 0 unspecified atom stereocenters. The quantitative estimate of drug-likeness (QED) is 0.765. The van der Waals surface area contributed by atoms with Crippen LogP contribution in [0.25, 0.3) is 0 Å². The molecular weight excluding hydrogens is 240 g/mol. The largest absolute Gasteiger partial charge is 0.342 e. The molecule has 0 saturated carbocycles. The molecule has 1 saturated heterocycles. The molecule has 0 aliphatic carbocycles. The number of hydrogen-bond acceptors (Lipinski definition) is 2. The molecule has 4 nitrogen and oxygen atoms in total. The number of benzene rings is 1. The first-order valence-electron chi connectivity index (χ1n) is 6.63. The average molecular weight is 260 g/mol. The van der Waals surface area contributed by atoms with E-state index in [0.29, 0.717) is 32.6 Å². The summed E-state index contributed by atoms with van der Waals surface area (Å²) in [5, 5.41) is 0. The number of piperazine rings is 1. The Hall–Kier alpha value is -1.84. The van der Waals surface area contributed by atoms with Gasteiger partial charge < -0.3 is 9.80 Å². The summed E-state index contributed by atoms with van der Waals surface area (Å²) >= 11 is 0. The van der Waals surface area contributed by atoms with Crippen LogP contribution >= 0.6 is 0 Å². The van der Waals surface area contributed by atoms with Gasteiger partial charge in [0.2, 0.25) is 12.3 Å². The van der Waals surface area contributed by atoms with Gasteiger partial charge in [-0.2, -0.15) is 0 Å². The summed E-state index contributed by atoms with van der Waals surface area (Å²) in [5.74, 6) is 0.147. The Labute approximate surface area is 114 Å². The van der Waals surface area contributed by atoms with Crippen molar-refractivity contribution in [3.05, 3.63) is 34.9 Å². The predicted octanol–water partition coefficient (Wildman–Crippen LogP) is 1.15. The second-order valence-corrected chi connectivity index (χ2v) is 5.12. The Bertz CT molecular complexity index is 477. The molecular formula is C15H20N2O2. The summed E-state index contributed by atoms with van der Waals surface area (Å²) in [6.45, 7) is 6.70. The molecule has 0 N–H and O–H groups in total. The van der Waals surface area contributed by atoms with E-state index in [1.807, 2.05) is 11.0 Å². The van der Waals surface area contributed by atoms with Crippen molar-refractivity contribution in [2.75, 3.05) is 26.2 Å². The molecule has 1 aromatic carbocycles. The van der Waals surface area contributed by atoms with Crippen LogP contribution in [0.5, 0.6) is 0 Å². The van der Waals surface area contributed by atoms with E-state index in [0.717, 1.165) is 12.0 Å². The third-order valence-electron chi connectivity index (χ3n) is 3.74. The summed E-state index contributed by atoms with van der Waals surface area (Å²) < 4.78 is 0. The summed E-state index contributed by atoms with van der Waals surface area (Å²) in [7, 11) is 0. The van der Waals surface area contributed by atoms with Crippen molar-refractivity contribution in [1.29, 1.82) is 0 Å². The summed E-state index contributed by atoms with van der Waals surface area (Å²) in [6, 6.07) is 6.15. The molecule has 2 rings (SSSR count). The van der Waals surface area contributed by atoms with E-state index >= 15 is 0 Å². The lowest BCUT2D eigenvalue weighted by Gasteiger charge is -2.32. The van der Waals surface area contributed by atoms with Crippen LogP contribution in [-0.4, -0.2) is 48.3 Å². The standard InChI is InChI=1S/C15H20N2O2/c1-12-3-4-14(9-13(12)2)10-15(19)17-7-5-16(11-18)6-8-17/h3-4,9,11H,5-8,10H2,1-2H3. The van der Waals surface area contributed by atoms with E-state index in [2.05, 4.69) is 26.0 Å². The zero-order chi connectivity index (χ0) is 13.8. The second-order valence-electron chi connectivity index (χ2n) is 5.12. The molecule has 1 aliphatic rings. The molecule has 0 radical (unpaired) electrons. The van der Waals surface area contributed by atoms with Gasteiger partial charge in [-0.15, -0.1) is 0 Å². The molecule has 4 heteroatoms. The van der Waals surface area contributed by atoms with Gasteiger partial charge in [0.25, 0.3) is 0 Å². The lowest BCUT2D eigenvalue weighted by Crippen LogP contribution is -2.48. The first-order chi connectivity index (χ1) is 9.10. The van der Waals surface area contributed by atoms with Gasteiger partial charge in [-0.3, -0.25) is 9.59 Å². The van der Waals surface area contributed by atoms with Crippen LogP contribution < -0.4 is 0 Å². The van der Waals surface area contributed by atoms with Crippen LogP contribution in [0.3, 0.4) is 0 Å². The maximum atomic E-state index is 12.2. The van der Waals surface area contributed by atoms with Gasteiger partial charge in [0.15, 0.2) is 0 Å². The van der Waals surface area contributed by atoms with Crippen molar-refractivity contribution in [1.82, 2.24) is 9.80 Å². The van der Waals surface area contributed by atoms with Crippen LogP contribution in [0.15, 0.2) is 18.2 Å². The SMILES string of the molecule is Cc1ccc(CC(=O)N2CCN(C=O)CC2)cc1C. The van der Waals surface area contributed by atoms with E-state index in [1.54, 1.807) is 4.90 Å². The Morgan fingerprint density at radius 1 is 1.16 bits per heavy atom. The van der Waals surface area contributed by atoms with Gasteiger partial charge in [-0.05, 0) is 30.5 Å². The molecule has 0 atom stereocenters. The highest BCUT2D eigenvalue weighted by Gasteiger charge is 2.20. The van der Waals surface area contributed by atoms with Crippen LogP contribution in [0.1, 0.15) is 16.7 Å². The van der Waals surface area contributed by atoms with Gasteiger partial charge in [-0.25, -0.2) is 0 Å². The van der Waals surface area contributed by atoms with Gasteiger partial charge in [0.05, 0.1) is 6.42 Å². The fourth-order valence-corrected chi connectivity index (χ4v) is 2.28. The Morgan fingerprint density at radius 2 is 1.84 bits per heavy atom. The van der Waals surface area contributed by atoms with E-state index in [9.17, 15) is 9.59 Å². The molecule has 1 aliphatic heterocycles. The number of carbonyl (C=O) groups is 2. The number of amides is 2. The zero-order valence-electron chi connectivity index (χ0n) is 11.6. The number of carbonyl (C=O) groups excluding carboxylic acids is 2. The van der Waals surface area contributed by atoms with E-state index < -0.39 is 0 Å². The van der Waals surface area contributed by atoms with Gasteiger partial charge >= 0.3 is 0 Å². The molecule has 0 spiro atoms. The maximum Gasteiger partial charge on any atom is 0.227 e. The summed E-state index contributed by atoms with van der Waals surface area (Å²) in [6.07, 6.45) is 1.30. The van der Waals surface area contributed by atoms with Gasteiger partial charge in [0.1, 0.15) is 0 Å². The van der Waals surface area contributed by atoms with Crippen molar-refractivity contribution in [3.8, 4) is 0 Å². The molecule has 1 heterocycles. The van der Waals surface area contributed by atoms with Crippen LogP contribution in [0.2, 0.25) is 0 Å². The topological polar surface area (TPSA) is 40.6 Å². The first-order valence-corrected chi connectivity index (χ1v) is 6.63. The third-order valence-corrected chi connectivity index (χ3v) is 3.74. The number of rotatable bonds is 3. The number of aryl methyl sites for hydroxylation is 2. The average Bonchev–Trinajstić information content (AvgIpc) is 2.43. The Kier molecular flexibility index (Phi) is 4.20. The smallest absolute Gasteiger partial charge is 0.227 e. The molecule has 1 fully saturated rings. The summed E-state index contributed by atoms with van der Waals surface area (Å²) in [4.78, 5) is 26.3. The van der Waals surface area contributed by atoms with Crippen LogP contribution in [0, 0.1) is 13.8 Å². The minimum Gasteiger partial charge on any atom is -0.342 e. The highest BCUT2D eigenvalue weighted by molar-refractivity contribution is 5.79. The zero-order valence-corrected chi connectivity index (χ0v) is 11.6. The van der Waals surface area contributed by atoms with E-state index in [4.69, 9.17) is 0 Å². The van der Waals surface area contributed by atoms with Crippen LogP contribution in [-0.2, 0) is 16.0 Å². The van der Waals surface area contributed by atoms with Crippen molar-refractivity contribution >= 4 is 12.3 Å². The van der Waals surface area contributed by atoms with Crippen molar-refractivity contribution in [3.63, 3.8) is 0 Å². The molecule has 0 bridgehead atoms. The minimum atomic E-state index is 0.147. The Balaban J connectivity index is 1.94. The van der Waals surface area contributed by atoms with Gasteiger partial charge in [-0.1, -0.05) is 18.2 Å². The molecule has 1 aromatic rings. The van der Waals surface area contributed by atoms with Crippen molar-refractivity contribution < 1.29 is 9.59 Å². The van der Waals surface area contributed by atoms with Crippen LogP contribution in [0.4, 0.5) is 0 Å². The minimum absolute atomic E-state index is 0.147. The molecule has 0 aromatic heterocycles. The Morgan fingerprint density at radius 3 is 2.42 bits per heavy atom. The summed E-state index contributed by atoms with van der Waals surface area (Å²) in [5.41, 5.74) is 3.53. The van der Waals surface area contributed by atoms with E-state index in [1.165, 1.54) is 11.1 Å². The maximum absolute atomic E-state index is 12.2. The lowest BCUT2D eigenvalue weighted by atomic mass is 10.0.